The molecule has 1 aromatic carbocycles. The number of nitriles is 1. The number of anilines is 1. The van der Waals surface area contributed by atoms with Crippen molar-refractivity contribution in [2.45, 2.75) is 32.7 Å². The summed E-state index contributed by atoms with van der Waals surface area (Å²) in [5.41, 5.74) is 3.02. The van der Waals surface area contributed by atoms with Crippen molar-refractivity contribution in [3.05, 3.63) is 53.5 Å². The van der Waals surface area contributed by atoms with Gasteiger partial charge in [0.15, 0.2) is 0 Å². The first kappa shape index (κ1) is 14.0. The number of hydrogen-bond acceptors (Lipinski definition) is 4. The Morgan fingerprint density at radius 3 is 2.45 bits per heavy atom. The Labute approximate surface area is 119 Å². The van der Waals surface area contributed by atoms with Crippen molar-refractivity contribution >= 4 is 5.82 Å². The maximum Gasteiger partial charge on any atom is 0.145 e. The van der Waals surface area contributed by atoms with E-state index in [1.54, 1.807) is 6.07 Å². The van der Waals surface area contributed by atoms with E-state index in [0.29, 0.717) is 18.1 Å². The maximum atomic E-state index is 8.79. The van der Waals surface area contributed by atoms with E-state index < -0.39 is 0 Å². The molecular formula is C16H18N4. The molecule has 0 aliphatic rings. The highest BCUT2D eigenvalue weighted by Crippen LogP contribution is 2.22. The molecule has 0 fully saturated rings. The van der Waals surface area contributed by atoms with Gasteiger partial charge in [-0.3, -0.25) is 0 Å². The van der Waals surface area contributed by atoms with Gasteiger partial charge in [-0.15, -0.1) is 0 Å². The molecule has 4 nitrogen and oxygen atoms in total. The van der Waals surface area contributed by atoms with Crippen LogP contribution in [0.5, 0.6) is 0 Å². The minimum Gasteiger partial charge on any atom is -0.366 e. The number of nitrogens with zero attached hydrogens (tertiary/aromatic N) is 3. The predicted molar refractivity (Wildman–Crippen MR) is 79.2 cm³/mol. The highest BCUT2D eigenvalue weighted by Gasteiger charge is 2.12. The van der Waals surface area contributed by atoms with Gasteiger partial charge < -0.3 is 5.32 Å². The van der Waals surface area contributed by atoms with Crippen LogP contribution in [0.3, 0.4) is 0 Å². The third kappa shape index (κ3) is 3.55. The molecule has 102 valence electrons. The molecule has 0 aliphatic heterocycles. The fraction of sp³-hybridized carbons (Fsp3) is 0.312. The summed E-state index contributed by atoms with van der Waals surface area (Å²) in [5.74, 6) is 0.663. The lowest BCUT2D eigenvalue weighted by molar-refractivity contribution is 0.590. The van der Waals surface area contributed by atoms with Crippen molar-refractivity contribution in [1.29, 1.82) is 5.26 Å². The van der Waals surface area contributed by atoms with Crippen LogP contribution in [0.4, 0.5) is 5.82 Å². The molecule has 0 bridgehead atoms. The third-order valence-electron chi connectivity index (χ3n) is 3.08. The summed E-state index contributed by atoms with van der Waals surface area (Å²) in [4.78, 5) is 7.93. The molecular weight excluding hydrogens is 248 g/mol. The van der Waals surface area contributed by atoms with Gasteiger partial charge in [-0.25, -0.2) is 9.97 Å². The molecule has 0 amide bonds. The third-order valence-corrected chi connectivity index (χ3v) is 3.08. The second kappa shape index (κ2) is 5.70. The topological polar surface area (TPSA) is 61.6 Å². The zero-order valence-electron chi connectivity index (χ0n) is 12.0. The van der Waals surface area contributed by atoms with E-state index in [0.717, 1.165) is 0 Å². The monoisotopic (exact) mass is 266 g/mol. The highest BCUT2D eigenvalue weighted by molar-refractivity contribution is 5.39. The highest BCUT2D eigenvalue weighted by atomic mass is 15.0. The van der Waals surface area contributed by atoms with Gasteiger partial charge in [-0.05, 0) is 16.5 Å². The lowest BCUT2D eigenvalue weighted by Gasteiger charge is -2.19. The van der Waals surface area contributed by atoms with Crippen LogP contribution in [0.25, 0.3) is 0 Å². The molecule has 1 aromatic heterocycles. The molecule has 2 aromatic rings. The van der Waals surface area contributed by atoms with Gasteiger partial charge in [0, 0.05) is 12.6 Å². The van der Waals surface area contributed by atoms with E-state index in [2.05, 4.69) is 60.3 Å². The molecule has 4 heteroatoms. The number of aromatic nitrogens is 2. The average molecular weight is 266 g/mol. The van der Waals surface area contributed by atoms with Gasteiger partial charge in [0.25, 0.3) is 0 Å². The van der Waals surface area contributed by atoms with E-state index in [4.69, 9.17) is 5.26 Å². The van der Waals surface area contributed by atoms with Crippen molar-refractivity contribution in [3.8, 4) is 6.07 Å². The molecule has 0 saturated carbocycles. The van der Waals surface area contributed by atoms with E-state index in [1.165, 1.54) is 17.5 Å². The number of rotatable bonds is 3. The summed E-state index contributed by atoms with van der Waals surface area (Å²) in [6.45, 7) is 7.27. The summed E-state index contributed by atoms with van der Waals surface area (Å²) >= 11 is 0. The first-order valence-electron chi connectivity index (χ1n) is 6.54. The molecule has 0 atom stereocenters. The van der Waals surface area contributed by atoms with Gasteiger partial charge in [0.2, 0.25) is 0 Å². The quantitative estimate of drug-likeness (QED) is 0.926. The minimum atomic E-state index is 0.167. The number of nitrogens with one attached hydrogen (secondary N) is 1. The zero-order valence-corrected chi connectivity index (χ0v) is 12.0. The van der Waals surface area contributed by atoms with Crippen LogP contribution in [0.2, 0.25) is 0 Å². The lowest BCUT2D eigenvalue weighted by Crippen LogP contribution is -2.11. The Bertz CT molecular complexity index is 618. The van der Waals surface area contributed by atoms with E-state index in [9.17, 15) is 0 Å². The normalized spacial score (nSPS) is 10.9. The molecule has 0 saturated heterocycles. The summed E-state index contributed by atoms with van der Waals surface area (Å²) < 4.78 is 0. The average Bonchev–Trinajstić information content (AvgIpc) is 2.45. The Kier molecular flexibility index (Phi) is 3.99. The SMILES string of the molecule is CC(C)(C)c1ccc(CNc2cc(C#N)ncn2)cc1. The predicted octanol–water partition coefficient (Wildman–Crippen LogP) is 3.26. The Morgan fingerprint density at radius 1 is 1.15 bits per heavy atom. The van der Waals surface area contributed by atoms with E-state index in [1.807, 2.05) is 6.07 Å². The van der Waals surface area contributed by atoms with Crippen molar-refractivity contribution in [3.63, 3.8) is 0 Å². The smallest absolute Gasteiger partial charge is 0.145 e. The maximum absolute atomic E-state index is 8.79. The molecule has 0 aliphatic carbocycles. The fourth-order valence-corrected chi connectivity index (χ4v) is 1.83. The fourth-order valence-electron chi connectivity index (χ4n) is 1.83. The number of benzene rings is 1. The first-order chi connectivity index (χ1) is 9.49. The summed E-state index contributed by atoms with van der Waals surface area (Å²) in [7, 11) is 0. The second-order valence-electron chi connectivity index (χ2n) is 5.70. The molecule has 0 radical (unpaired) electrons. The second-order valence-corrected chi connectivity index (χ2v) is 5.70. The van der Waals surface area contributed by atoms with Gasteiger partial charge >= 0.3 is 0 Å². The zero-order chi connectivity index (χ0) is 14.6. The van der Waals surface area contributed by atoms with E-state index in [-0.39, 0.29) is 5.41 Å². The largest absolute Gasteiger partial charge is 0.366 e. The molecule has 1 N–H and O–H groups in total. The Balaban J connectivity index is 2.02. The van der Waals surface area contributed by atoms with Crippen molar-refractivity contribution < 1.29 is 0 Å². The van der Waals surface area contributed by atoms with Crippen LogP contribution < -0.4 is 5.32 Å². The van der Waals surface area contributed by atoms with Crippen LogP contribution in [-0.4, -0.2) is 9.97 Å². The van der Waals surface area contributed by atoms with Crippen LogP contribution in [0.15, 0.2) is 36.7 Å². The molecule has 0 unspecified atom stereocenters. The van der Waals surface area contributed by atoms with Gasteiger partial charge in [-0.1, -0.05) is 45.0 Å². The Hall–Kier alpha value is -2.41. The number of hydrogen-bond donors (Lipinski definition) is 1. The van der Waals surface area contributed by atoms with E-state index >= 15 is 0 Å². The minimum absolute atomic E-state index is 0.167. The standard InChI is InChI=1S/C16H18N4/c1-16(2,3)13-6-4-12(5-7-13)10-18-15-8-14(9-17)19-11-20-15/h4-8,11H,10H2,1-3H3,(H,18,19,20). The van der Waals surface area contributed by atoms with Crippen LogP contribution in [-0.2, 0) is 12.0 Å². The Morgan fingerprint density at radius 2 is 1.85 bits per heavy atom. The molecule has 1 heterocycles. The van der Waals surface area contributed by atoms with Crippen LogP contribution in [0, 0.1) is 11.3 Å². The van der Waals surface area contributed by atoms with Crippen molar-refractivity contribution in [1.82, 2.24) is 9.97 Å². The summed E-state index contributed by atoms with van der Waals surface area (Å²) in [6, 6.07) is 12.2. The van der Waals surface area contributed by atoms with Gasteiger partial charge in [0.05, 0.1) is 0 Å². The van der Waals surface area contributed by atoms with Crippen LogP contribution in [0.1, 0.15) is 37.6 Å². The lowest BCUT2D eigenvalue weighted by atomic mass is 9.87. The van der Waals surface area contributed by atoms with Crippen molar-refractivity contribution in [2.24, 2.45) is 0 Å². The van der Waals surface area contributed by atoms with Crippen LogP contribution >= 0.6 is 0 Å². The van der Waals surface area contributed by atoms with Crippen molar-refractivity contribution in [2.75, 3.05) is 5.32 Å². The molecule has 20 heavy (non-hydrogen) atoms. The van der Waals surface area contributed by atoms with Gasteiger partial charge in [0.1, 0.15) is 23.9 Å². The van der Waals surface area contributed by atoms with Gasteiger partial charge in [-0.2, -0.15) is 5.26 Å². The molecule has 0 spiro atoms. The first-order valence-corrected chi connectivity index (χ1v) is 6.54. The summed E-state index contributed by atoms with van der Waals surface area (Å²) in [5, 5.41) is 12.0. The molecule has 2 rings (SSSR count). The summed E-state index contributed by atoms with van der Waals surface area (Å²) in [6.07, 6.45) is 1.39.